The minimum atomic E-state index is 0.547. The molecular formula is C10H9Br2I. The molecule has 3 heteroatoms. The third-order valence-corrected chi connectivity index (χ3v) is 4.97. The summed E-state index contributed by atoms with van der Waals surface area (Å²) in [7, 11) is 0. The number of hydrogen-bond acceptors (Lipinski definition) is 0. The van der Waals surface area contributed by atoms with Crippen LogP contribution >= 0.6 is 54.5 Å². The van der Waals surface area contributed by atoms with Crippen molar-refractivity contribution < 1.29 is 0 Å². The molecule has 0 radical (unpaired) electrons. The van der Waals surface area contributed by atoms with Gasteiger partial charge in [-0.3, -0.25) is 0 Å². The molecule has 2 atom stereocenters. The number of fused-ring (bicyclic) bond motifs is 1. The van der Waals surface area contributed by atoms with Crippen LogP contribution in [-0.2, 0) is 0 Å². The van der Waals surface area contributed by atoms with E-state index in [0.29, 0.717) is 9.65 Å². The average Bonchev–Trinajstić information content (AvgIpc) is 2.12. The fraction of sp³-hybridized carbons (Fsp3) is 0.400. The smallest absolute Gasteiger partial charge is 0.0399 e. The molecule has 1 aromatic carbocycles. The van der Waals surface area contributed by atoms with E-state index in [1.54, 1.807) is 0 Å². The fourth-order valence-corrected chi connectivity index (χ4v) is 3.56. The van der Waals surface area contributed by atoms with Crippen LogP contribution in [-0.4, -0.2) is 0 Å². The number of benzene rings is 1. The summed E-state index contributed by atoms with van der Waals surface area (Å²) in [5.41, 5.74) is 2.91. The summed E-state index contributed by atoms with van der Waals surface area (Å²) >= 11 is 9.81. The molecule has 0 nitrogen and oxygen atoms in total. The highest BCUT2D eigenvalue weighted by molar-refractivity contribution is 14.1. The minimum Gasteiger partial charge on any atom is -0.0839 e. The Morgan fingerprint density at radius 3 is 2.38 bits per heavy atom. The molecule has 0 spiro atoms. The normalized spacial score (nSPS) is 27.0. The maximum Gasteiger partial charge on any atom is 0.0399 e. The van der Waals surface area contributed by atoms with Gasteiger partial charge in [-0.2, -0.15) is 0 Å². The van der Waals surface area contributed by atoms with Crippen molar-refractivity contribution in [2.24, 2.45) is 0 Å². The van der Waals surface area contributed by atoms with Crippen LogP contribution in [0.4, 0.5) is 0 Å². The van der Waals surface area contributed by atoms with Crippen LogP contribution in [0.2, 0.25) is 0 Å². The lowest BCUT2D eigenvalue weighted by Gasteiger charge is -2.25. The Morgan fingerprint density at radius 1 is 1.08 bits per heavy atom. The van der Waals surface area contributed by atoms with E-state index in [4.69, 9.17) is 0 Å². The molecule has 0 fully saturated rings. The van der Waals surface area contributed by atoms with Gasteiger partial charge >= 0.3 is 0 Å². The quantitative estimate of drug-likeness (QED) is 0.415. The Kier molecular flexibility index (Phi) is 3.36. The molecule has 2 rings (SSSR count). The first-order valence-electron chi connectivity index (χ1n) is 4.26. The van der Waals surface area contributed by atoms with E-state index in [1.165, 1.54) is 27.5 Å². The fourth-order valence-electron chi connectivity index (χ4n) is 1.71. The molecule has 1 aliphatic rings. The first-order chi connectivity index (χ1) is 6.18. The molecule has 0 aliphatic heterocycles. The second-order valence-electron chi connectivity index (χ2n) is 3.29. The maximum atomic E-state index is 3.72. The number of halogens is 3. The Hall–Kier alpha value is 0.910. The van der Waals surface area contributed by atoms with E-state index in [1.807, 2.05) is 0 Å². The van der Waals surface area contributed by atoms with Crippen LogP contribution in [0.5, 0.6) is 0 Å². The predicted molar refractivity (Wildman–Crippen MR) is 71.7 cm³/mol. The minimum absolute atomic E-state index is 0.547. The number of rotatable bonds is 0. The number of alkyl halides is 2. The molecule has 1 aromatic rings. The van der Waals surface area contributed by atoms with Gasteiger partial charge in [0, 0.05) is 13.2 Å². The van der Waals surface area contributed by atoms with Crippen LogP contribution < -0.4 is 0 Å². The summed E-state index contributed by atoms with van der Waals surface area (Å²) in [6, 6.07) is 6.70. The zero-order valence-electron chi connectivity index (χ0n) is 6.93. The zero-order valence-corrected chi connectivity index (χ0v) is 12.3. The monoisotopic (exact) mass is 414 g/mol. The van der Waals surface area contributed by atoms with Crippen LogP contribution in [0.1, 0.15) is 33.6 Å². The van der Waals surface area contributed by atoms with E-state index in [0.717, 1.165) is 0 Å². The summed E-state index contributed by atoms with van der Waals surface area (Å²) < 4.78 is 1.32. The summed E-state index contributed by atoms with van der Waals surface area (Å²) in [6.45, 7) is 0. The third kappa shape index (κ3) is 2.12. The van der Waals surface area contributed by atoms with Crippen LogP contribution in [0, 0.1) is 3.57 Å². The molecule has 13 heavy (non-hydrogen) atoms. The Morgan fingerprint density at radius 2 is 1.69 bits per heavy atom. The first kappa shape index (κ1) is 10.4. The van der Waals surface area contributed by atoms with Crippen molar-refractivity contribution in [2.45, 2.75) is 22.5 Å². The van der Waals surface area contributed by atoms with Crippen molar-refractivity contribution in [3.05, 3.63) is 32.9 Å². The predicted octanol–water partition coefficient (Wildman–Crippen LogP) is 4.96. The van der Waals surface area contributed by atoms with Crippen molar-refractivity contribution >= 4 is 54.5 Å². The topological polar surface area (TPSA) is 0 Å². The van der Waals surface area contributed by atoms with E-state index in [-0.39, 0.29) is 0 Å². The summed E-state index contributed by atoms with van der Waals surface area (Å²) in [4.78, 5) is 1.10. The SMILES string of the molecule is Br[C@@H]1CC[C@H](Br)c2ccc(I)cc21. The Bertz CT molecular complexity index is 325. The molecule has 70 valence electrons. The lowest BCUT2D eigenvalue weighted by atomic mass is 9.92. The van der Waals surface area contributed by atoms with Gasteiger partial charge in [-0.25, -0.2) is 0 Å². The van der Waals surface area contributed by atoms with Gasteiger partial charge in [0.15, 0.2) is 0 Å². The van der Waals surface area contributed by atoms with Gasteiger partial charge in [0.1, 0.15) is 0 Å². The highest BCUT2D eigenvalue weighted by Crippen LogP contribution is 2.44. The van der Waals surface area contributed by atoms with Crippen LogP contribution in [0.3, 0.4) is 0 Å². The summed E-state index contributed by atoms with van der Waals surface area (Å²) in [6.07, 6.45) is 2.45. The molecule has 0 unspecified atom stereocenters. The van der Waals surface area contributed by atoms with Crippen molar-refractivity contribution in [3.8, 4) is 0 Å². The standard InChI is InChI=1S/C10H9Br2I/c11-9-3-4-10(12)8-5-6(13)1-2-7(8)9/h1-2,5,9-10H,3-4H2/t9-,10+/m0/s1. The zero-order chi connectivity index (χ0) is 9.42. The van der Waals surface area contributed by atoms with E-state index in [9.17, 15) is 0 Å². The lowest BCUT2D eigenvalue weighted by Crippen LogP contribution is -2.07. The Labute approximate surface area is 109 Å². The van der Waals surface area contributed by atoms with Crippen molar-refractivity contribution in [1.82, 2.24) is 0 Å². The van der Waals surface area contributed by atoms with Gasteiger partial charge in [-0.05, 0) is 58.7 Å². The molecule has 0 amide bonds. The van der Waals surface area contributed by atoms with Crippen molar-refractivity contribution in [2.75, 3.05) is 0 Å². The van der Waals surface area contributed by atoms with Gasteiger partial charge in [0.05, 0.1) is 0 Å². The lowest BCUT2D eigenvalue weighted by molar-refractivity contribution is 0.676. The molecule has 0 saturated heterocycles. The molecule has 0 aromatic heterocycles. The largest absolute Gasteiger partial charge is 0.0839 e. The van der Waals surface area contributed by atoms with Gasteiger partial charge in [-0.1, -0.05) is 37.9 Å². The van der Waals surface area contributed by atoms with Crippen molar-refractivity contribution in [3.63, 3.8) is 0 Å². The number of hydrogen-bond donors (Lipinski definition) is 0. The molecule has 0 heterocycles. The third-order valence-electron chi connectivity index (χ3n) is 2.40. The highest BCUT2D eigenvalue weighted by Gasteiger charge is 2.23. The molecular weight excluding hydrogens is 407 g/mol. The average molecular weight is 416 g/mol. The van der Waals surface area contributed by atoms with Gasteiger partial charge in [-0.15, -0.1) is 0 Å². The summed E-state index contributed by atoms with van der Waals surface area (Å²) in [5, 5.41) is 0. The van der Waals surface area contributed by atoms with Gasteiger partial charge < -0.3 is 0 Å². The highest BCUT2D eigenvalue weighted by atomic mass is 127. The van der Waals surface area contributed by atoms with Crippen molar-refractivity contribution in [1.29, 1.82) is 0 Å². The van der Waals surface area contributed by atoms with Gasteiger partial charge in [0.2, 0.25) is 0 Å². The van der Waals surface area contributed by atoms with E-state index in [2.05, 4.69) is 72.6 Å². The van der Waals surface area contributed by atoms with Crippen LogP contribution in [0.15, 0.2) is 18.2 Å². The Balaban J connectivity index is 2.50. The molecule has 0 bridgehead atoms. The van der Waals surface area contributed by atoms with Crippen LogP contribution in [0.25, 0.3) is 0 Å². The second-order valence-corrected chi connectivity index (χ2v) is 6.74. The first-order valence-corrected chi connectivity index (χ1v) is 7.17. The molecule has 1 aliphatic carbocycles. The van der Waals surface area contributed by atoms with E-state index < -0.39 is 0 Å². The van der Waals surface area contributed by atoms with Gasteiger partial charge in [0.25, 0.3) is 0 Å². The molecule has 0 N–H and O–H groups in total. The maximum absolute atomic E-state index is 3.72. The molecule has 0 saturated carbocycles. The second kappa shape index (κ2) is 4.19. The van der Waals surface area contributed by atoms with E-state index >= 15 is 0 Å². The summed E-state index contributed by atoms with van der Waals surface area (Å²) in [5.74, 6) is 0.